The van der Waals surface area contributed by atoms with E-state index in [9.17, 15) is 8.42 Å². The molecule has 134 valence electrons. The lowest BCUT2D eigenvalue weighted by Gasteiger charge is -2.37. The molecule has 1 aromatic carbocycles. The summed E-state index contributed by atoms with van der Waals surface area (Å²) in [4.78, 5) is 3.04. The van der Waals surface area contributed by atoms with Crippen LogP contribution in [-0.4, -0.2) is 49.8 Å². The molecule has 2 aliphatic rings. The molecule has 0 aromatic heterocycles. The van der Waals surface area contributed by atoms with Crippen LogP contribution in [0.4, 0.5) is 0 Å². The number of benzene rings is 1. The van der Waals surface area contributed by atoms with Gasteiger partial charge in [0.05, 0.1) is 4.90 Å². The van der Waals surface area contributed by atoms with Gasteiger partial charge in [0, 0.05) is 19.1 Å². The molecular weight excluding hydrogens is 320 g/mol. The van der Waals surface area contributed by atoms with Gasteiger partial charge in [0.1, 0.15) is 0 Å². The minimum atomic E-state index is -3.33. The maximum absolute atomic E-state index is 12.8. The molecule has 0 atom stereocenters. The van der Waals surface area contributed by atoms with Crippen molar-refractivity contribution in [2.24, 2.45) is 0 Å². The number of piperidine rings is 1. The van der Waals surface area contributed by atoms with Gasteiger partial charge >= 0.3 is 0 Å². The minimum Gasteiger partial charge on any atom is -0.300 e. The van der Waals surface area contributed by atoms with E-state index in [1.54, 1.807) is 16.4 Å². The zero-order chi connectivity index (χ0) is 17.0. The largest absolute Gasteiger partial charge is 0.300 e. The molecule has 2 heterocycles. The molecular formula is C19H30N2O2S. The summed E-state index contributed by atoms with van der Waals surface area (Å²) in [6.07, 6.45) is 8.14. The maximum atomic E-state index is 12.8. The normalized spacial score (nSPS) is 22.4. The molecule has 0 amide bonds. The van der Waals surface area contributed by atoms with E-state index in [0.717, 1.165) is 19.3 Å². The third kappa shape index (κ3) is 4.01. The number of likely N-dealkylation sites (tertiary alicyclic amines) is 1. The summed E-state index contributed by atoms with van der Waals surface area (Å²) in [6, 6.07) is 7.94. The van der Waals surface area contributed by atoms with E-state index < -0.39 is 10.0 Å². The Bertz CT molecular complexity index is 611. The first-order valence-electron chi connectivity index (χ1n) is 9.44. The van der Waals surface area contributed by atoms with Crippen molar-refractivity contribution in [1.29, 1.82) is 0 Å². The Morgan fingerprint density at radius 3 is 2.04 bits per heavy atom. The van der Waals surface area contributed by atoms with Crippen LogP contribution in [0, 0.1) is 0 Å². The standard InChI is InChI=1S/C19H30N2O2S/c1-2-17-7-9-19(10-8-17)24(22,23)21-15-11-18(12-16-21)20-13-5-3-4-6-14-20/h7-10,18H,2-6,11-16H2,1H3. The highest BCUT2D eigenvalue weighted by atomic mass is 32.2. The number of sulfonamides is 1. The zero-order valence-corrected chi connectivity index (χ0v) is 15.6. The van der Waals surface area contributed by atoms with Crippen LogP contribution < -0.4 is 0 Å². The highest BCUT2D eigenvalue weighted by Crippen LogP contribution is 2.25. The van der Waals surface area contributed by atoms with Crippen LogP contribution in [0.25, 0.3) is 0 Å². The quantitative estimate of drug-likeness (QED) is 0.837. The molecule has 0 N–H and O–H groups in total. The van der Waals surface area contributed by atoms with E-state index in [-0.39, 0.29) is 0 Å². The first-order chi connectivity index (χ1) is 11.6. The molecule has 2 aliphatic heterocycles. The zero-order valence-electron chi connectivity index (χ0n) is 14.8. The third-order valence-electron chi connectivity index (χ3n) is 5.55. The molecule has 0 spiro atoms. The van der Waals surface area contributed by atoms with Crippen molar-refractivity contribution >= 4 is 10.0 Å². The second-order valence-corrected chi connectivity index (χ2v) is 9.02. The summed E-state index contributed by atoms with van der Waals surface area (Å²) in [6.45, 7) is 5.76. The van der Waals surface area contributed by atoms with Crippen molar-refractivity contribution in [2.45, 2.75) is 62.8 Å². The summed E-state index contributed by atoms with van der Waals surface area (Å²) in [5.41, 5.74) is 1.17. The van der Waals surface area contributed by atoms with Crippen LogP contribution >= 0.6 is 0 Å². The first-order valence-corrected chi connectivity index (χ1v) is 10.9. The van der Waals surface area contributed by atoms with Crippen molar-refractivity contribution in [3.8, 4) is 0 Å². The van der Waals surface area contributed by atoms with Crippen LogP contribution in [-0.2, 0) is 16.4 Å². The molecule has 24 heavy (non-hydrogen) atoms. The number of rotatable bonds is 4. The van der Waals surface area contributed by atoms with Gasteiger partial charge < -0.3 is 4.90 Å². The highest BCUT2D eigenvalue weighted by Gasteiger charge is 2.31. The maximum Gasteiger partial charge on any atom is 0.243 e. The summed E-state index contributed by atoms with van der Waals surface area (Å²) >= 11 is 0. The first kappa shape index (κ1) is 17.9. The number of aryl methyl sites for hydroxylation is 1. The predicted octanol–water partition coefficient (Wildman–Crippen LogP) is 3.28. The predicted molar refractivity (Wildman–Crippen MR) is 97.6 cm³/mol. The van der Waals surface area contributed by atoms with Crippen molar-refractivity contribution in [1.82, 2.24) is 9.21 Å². The minimum absolute atomic E-state index is 0.438. The molecule has 4 nitrogen and oxygen atoms in total. The Morgan fingerprint density at radius 1 is 0.917 bits per heavy atom. The van der Waals surface area contributed by atoms with Crippen molar-refractivity contribution < 1.29 is 8.42 Å². The van der Waals surface area contributed by atoms with Crippen LogP contribution in [0.3, 0.4) is 0 Å². The SMILES string of the molecule is CCc1ccc(S(=O)(=O)N2CCC(N3CCCCCC3)CC2)cc1. The van der Waals surface area contributed by atoms with Gasteiger partial charge in [-0.05, 0) is 62.9 Å². The van der Waals surface area contributed by atoms with E-state index in [1.165, 1.54) is 44.3 Å². The summed E-state index contributed by atoms with van der Waals surface area (Å²) in [5, 5.41) is 0. The lowest BCUT2D eigenvalue weighted by atomic mass is 10.0. The Hall–Kier alpha value is -0.910. The van der Waals surface area contributed by atoms with Crippen LogP contribution in [0.1, 0.15) is 51.0 Å². The Labute approximate surface area is 146 Å². The van der Waals surface area contributed by atoms with Gasteiger partial charge in [-0.3, -0.25) is 0 Å². The molecule has 0 unspecified atom stereocenters. The van der Waals surface area contributed by atoms with Crippen molar-refractivity contribution in [3.63, 3.8) is 0 Å². The summed E-state index contributed by atoms with van der Waals surface area (Å²) < 4.78 is 27.4. The van der Waals surface area contributed by atoms with E-state index in [1.807, 2.05) is 12.1 Å². The monoisotopic (exact) mass is 350 g/mol. The Kier molecular flexibility index (Phi) is 5.95. The molecule has 2 saturated heterocycles. The average Bonchev–Trinajstić information content (AvgIpc) is 2.91. The van der Waals surface area contributed by atoms with Crippen molar-refractivity contribution in [3.05, 3.63) is 29.8 Å². The van der Waals surface area contributed by atoms with Gasteiger partial charge in [-0.25, -0.2) is 8.42 Å². The fourth-order valence-corrected chi connectivity index (χ4v) is 5.42. The molecule has 3 rings (SSSR count). The van der Waals surface area contributed by atoms with E-state index in [4.69, 9.17) is 0 Å². The Morgan fingerprint density at radius 2 is 1.50 bits per heavy atom. The van der Waals surface area contributed by atoms with Gasteiger partial charge in [0.15, 0.2) is 0 Å². The Balaban J connectivity index is 1.62. The van der Waals surface area contributed by atoms with Gasteiger partial charge in [0.25, 0.3) is 0 Å². The molecule has 2 fully saturated rings. The van der Waals surface area contributed by atoms with Gasteiger partial charge in [-0.1, -0.05) is 31.9 Å². The second kappa shape index (κ2) is 7.98. The van der Waals surface area contributed by atoms with Gasteiger partial charge in [0.2, 0.25) is 10.0 Å². The van der Waals surface area contributed by atoms with Crippen molar-refractivity contribution in [2.75, 3.05) is 26.2 Å². The molecule has 5 heteroatoms. The number of nitrogens with zero attached hydrogens (tertiary/aromatic N) is 2. The molecule has 0 bridgehead atoms. The third-order valence-corrected chi connectivity index (χ3v) is 7.46. The molecule has 1 aromatic rings. The highest BCUT2D eigenvalue weighted by molar-refractivity contribution is 7.89. The van der Waals surface area contributed by atoms with Crippen LogP contribution in [0.5, 0.6) is 0 Å². The molecule has 0 aliphatic carbocycles. The lowest BCUT2D eigenvalue weighted by Crippen LogP contribution is -2.46. The smallest absolute Gasteiger partial charge is 0.243 e. The lowest BCUT2D eigenvalue weighted by molar-refractivity contribution is 0.144. The fourth-order valence-electron chi connectivity index (χ4n) is 3.95. The average molecular weight is 351 g/mol. The molecule has 0 radical (unpaired) electrons. The van der Waals surface area contributed by atoms with Gasteiger partial charge in [-0.15, -0.1) is 0 Å². The topological polar surface area (TPSA) is 40.6 Å². The fraction of sp³-hybridized carbons (Fsp3) is 0.684. The summed E-state index contributed by atoms with van der Waals surface area (Å²) in [5.74, 6) is 0. The van der Waals surface area contributed by atoms with Crippen LogP contribution in [0.15, 0.2) is 29.2 Å². The number of hydrogen-bond donors (Lipinski definition) is 0. The summed E-state index contributed by atoms with van der Waals surface area (Å²) in [7, 11) is -3.33. The number of hydrogen-bond acceptors (Lipinski definition) is 3. The van der Waals surface area contributed by atoms with E-state index >= 15 is 0 Å². The van der Waals surface area contributed by atoms with E-state index in [0.29, 0.717) is 24.0 Å². The van der Waals surface area contributed by atoms with Crippen LogP contribution in [0.2, 0.25) is 0 Å². The molecule has 0 saturated carbocycles. The van der Waals surface area contributed by atoms with E-state index in [2.05, 4.69) is 11.8 Å². The van der Waals surface area contributed by atoms with Gasteiger partial charge in [-0.2, -0.15) is 4.31 Å². The second-order valence-electron chi connectivity index (χ2n) is 7.08.